The van der Waals surface area contributed by atoms with Crippen LogP contribution in [0.25, 0.3) is 0 Å². The normalized spacial score (nSPS) is 9.89. The van der Waals surface area contributed by atoms with Crippen LogP contribution in [0, 0.1) is 6.92 Å². The zero-order valence-corrected chi connectivity index (χ0v) is 10.6. The molecule has 0 radical (unpaired) electrons. The average molecular weight is 249 g/mol. The van der Waals surface area contributed by atoms with E-state index < -0.39 is 0 Å². The third-order valence-corrected chi connectivity index (χ3v) is 2.42. The lowest BCUT2D eigenvalue weighted by Crippen LogP contribution is -2.37. The van der Waals surface area contributed by atoms with Gasteiger partial charge >= 0.3 is 0 Å². The van der Waals surface area contributed by atoms with Gasteiger partial charge in [-0.15, -0.1) is 6.58 Å². The maximum Gasteiger partial charge on any atom is 0.260 e. The standard InChI is InChI=1S/C14H19NO3/c1-3-7-15(8-9-16)14(17)11-18-13-6-4-5-12(2)10-13/h3-6,10,16H,1,7-9,11H2,2H3. The van der Waals surface area contributed by atoms with E-state index in [9.17, 15) is 4.79 Å². The molecular formula is C14H19NO3. The van der Waals surface area contributed by atoms with E-state index in [1.807, 2.05) is 31.2 Å². The molecule has 0 aliphatic rings. The van der Waals surface area contributed by atoms with Crippen LogP contribution < -0.4 is 4.74 Å². The lowest BCUT2D eigenvalue weighted by Gasteiger charge is -2.20. The topological polar surface area (TPSA) is 49.8 Å². The van der Waals surface area contributed by atoms with Crippen molar-refractivity contribution in [3.05, 3.63) is 42.5 Å². The molecule has 0 aliphatic heterocycles. The number of aliphatic hydroxyl groups excluding tert-OH is 1. The number of benzene rings is 1. The highest BCUT2D eigenvalue weighted by molar-refractivity contribution is 5.77. The molecule has 0 atom stereocenters. The number of rotatable bonds is 7. The van der Waals surface area contributed by atoms with E-state index in [0.717, 1.165) is 5.56 Å². The molecule has 0 spiro atoms. The minimum Gasteiger partial charge on any atom is -0.484 e. The Morgan fingerprint density at radius 1 is 1.56 bits per heavy atom. The fraction of sp³-hybridized carbons (Fsp3) is 0.357. The molecule has 0 saturated carbocycles. The number of carbonyl (C=O) groups is 1. The number of carbonyl (C=O) groups excluding carboxylic acids is 1. The number of aliphatic hydroxyl groups is 1. The summed E-state index contributed by atoms with van der Waals surface area (Å²) in [5.41, 5.74) is 1.08. The van der Waals surface area contributed by atoms with Crippen molar-refractivity contribution in [2.24, 2.45) is 0 Å². The van der Waals surface area contributed by atoms with Gasteiger partial charge in [-0.1, -0.05) is 18.2 Å². The van der Waals surface area contributed by atoms with Crippen molar-refractivity contribution in [1.29, 1.82) is 0 Å². The molecule has 0 aromatic heterocycles. The molecule has 98 valence electrons. The largest absolute Gasteiger partial charge is 0.484 e. The first-order chi connectivity index (χ1) is 8.67. The molecule has 0 aliphatic carbocycles. The quantitative estimate of drug-likeness (QED) is 0.743. The molecule has 1 N–H and O–H groups in total. The smallest absolute Gasteiger partial charge is 0.260 e. The molecule has 0 heterocycles. The van der Waals surface area contributed by atoms with Crippen LogP contribution in [0.1, 0.15) is 5.56 Å². The van der Waals surface area contributed by atoms with Gasteiger partial charge in [0.1, 0.15) is 5.75 Å². The number of hydrogen-bond donors (Lipinski definition) is 1. The summed E-state index contributed by atoms with van der Waals surface area (Å²) < 4.78 is 5.42. The van der Waals surface area contributed by atoms with E-state index in [1.165, 1.54) is 4.90 Å². The summed E-state index contributed by atoms with van der Waals surface area (Å²) in [6.45, 7) is 6.15. The summed E-state index contributed by atoms with van der Waals surface area (Å²) in [4.78, 5) is 13.3. The Balaban J connectivity index is 2.50. The molecule has 4 heteroatoms. The third-order valence-electron chi connectivity index (χ3n) is 2.42. The van der Waals surface area contributed by atoms with Gasteiger partial charge in [0.25, 0.3) is 5.91 Å². The Kier molecular flexibility index (Phi) is 5.94. The number of aryl methyl sites for hydroxylation is 1. The van der Waals surface area contributed by atoms with Crippen molar-refractivity contribution in [1.82, 2.24) is 4.90 Å². The second kappa shape index (κ2) is 7.50. The van der Waals surface area contributed by atoms with Crippen LogP contribution in [-0.4, -0.2) is 42.2 Å². The Morgan fingerprint density at radius 2 is 2.33 bits per heavy atom. The van der Waals surface area contributed by atoms with Gasteiger partial charge in [-0.2, -0.15) is 0 Å². The Labute approximate surface area is 107 Å². The summed E-state index contributed by atoms with van der Waals surface area (Å²) in [6.07, 6.45) is 1.63. The zero-order chi connectivity index (χ0) is 13.4. The lowest BCUT2D eigenvalue weighted by molar-refractivity contribution is -0.133. The SMILES string of the molecule is C=CCN(CCO)C(=O)COc1cccc(C)c1. The van der Waals surface area contributed by atoms with Crippen molar-refractivity contribution in [2.75, 3.05) is 26.3 Å². The van der Waals surface area contributed by atoms with E-state index in [2.05, 4.69) is 6.58 Å². The highest BCUT2D eigenvalue weighted by Gasteiger charge is 2.11. The Bertz CT molecular complexity index is 404. The minimum absolute atomic E-state index is 0.0305. The average Bonchev–Trinajstić information content (AvgIpc) is 2.36. The first kappa shape index (κ1) is 14.3. The summed E-state index contributed by atoms with van der Waals surface area (Å²) in [7, 11) is 0. The second-order valence-corrected chi connectivity index (χ2v) is 3.96. The van der Waals surface area contributed by atoms with Crippen LogP contribution in [0.4, 0.5) is 0 Å². The summed E-state index contributed by atoms with van der Waals surface area (Å²) in [6, 6.07) is 7.52. The fourth-order valence-electron chi connectivity index (χ4n) is 1.54. The monoisotopic (exact) mass is 249 g/mol. The fourth-order valence-corrected chi connectivity index (χ4v) is 1.54. The number of ether oxygens (including phenoxy) is 1. The van der Waals surface area contributed by atoms with E-state index in [-0.39, 0.29) is 19.1 Å². The van der Waals surface area contributed by atoms with Crippen molar-refractivity contribution < 1.29 is 14.6 Å². The van der Waals surface area contributed by atoms with Crippen LogP contribution in [0.5, 0.6) is 5.75 Å². The maximum absolute atomic E-state index is 11.8. The molecular weight excluding hydrogens is 230 g/mol. The molecule has 0 saturated heterocycles. The van der Waals surface area contributed by atoms with Gasteiger partial charge in [0.2, 0.25) is 0 Å². The van der Waals surface area contributed by atoms with E-state index in [1.54, 1.807) is 6.08 Å². The zero-order valence-electron chi connectivity index (χ0n) is 10.6. The van der Waals surface area contributed by atoms with Crippen LogP contribution in [0.15, 0.2) is 36.9 Å². The highest BCUT2D eigenvalue weighted by atomic mass is 16.5. The molecule has 0 bridgehead atoms. The van der Waals surface area contributed by atoms with E-state index >= 15 is 0 Å². The summed E-state index contributed by atoms with van der Waals surface area (Å²) >= 11 is 0. The van der Waals surface area contributed by atoms with Crippen molar-refractivity contribution in [2.45, 2.75) is 6.92 Å². The van der Waals surface area contributed by atoms with E-state index in [4.69, 9.17) is 9.84 Å². The predicted octanol–water partition coefficient (Wildman–Crippen LogP) is 1.38. The van der Waals surface area contributed by atoms with Gasteiger partial charge in [-0.25, -0.2) is 0 Å². The second-order valence-electron chi connectivity index (χ2n) is 3.96. The molecule has 18 heavy (non-hydrogen) atoms. The first-order valence-corrected chi connectivity index (χ1v) is 5.86. The van der Waals surface area contributed by atoms with Gasteiger partial charge in [-0.05, 0) is 24.6 Å². The van der Waals surface area contributed by atoms with Crippen LogP contribution in [0.2, 0.25) is 0 Å². The van der Waals surface area contributed by atoms with Gasteiger partial charge in [0.15, 0.2) is 6.61 Å². The molecule has 0 unspecified atom stereocenters. The Hall–Kier alpha value is -1.81. The minimum atomic E-state index is -0.162. The third kappa shape index (κ3) is 4.59. The summed E-state index contributed by atoms with van der Waals surface area (Å²) in [5, 5.41) is 8.86. The molecule has 4 nitrogen and oxygen atoms in total. The van der Waals surface area contributed by atoms with Gasteiger partial charge in [0.05, 0.1) is 6.61 Å². The van der Waals surface area contributed by atoms with Crippen LogP contribution in [0.3, 0.4) is 0 Å². The molecule has 1 amide bonds. The van der Waals surface area contributed by atoms with Crippen LogP contribution >= 0.6 is 0 Å². The van der Waals surface area contributed by atoms with Crippen LogP contribution in [-0.2, 0) is 4.79 Å². The molecule has 0 fully saturated rings. The van der Waals surface area contributed by atoms with Gasteiger partial charge in [0, 0.05) is 13.1 Å². The Morgan fingerprint density at radius 3 is 2.94 bits per heavy atom. The number of hydrogen-bond acceptors (Lipinski definition) is 3. The maximum atomic E-state index is 11.8. The first-order valence-electron chi connectivity index (χ1n) is 5.86. The number of amides is 1. The van der Waals surface area contributed by atoms with Crippen molar-refractivity contribution >= 4 is 5.91 Å². The van der Waals surface area contributed by atoms with Crippen molar-refractivity contribution in [3.63, 3.8) is 0 Å². The van der Waals surface area contributed by atoms with E-state index in [0.29, 0.717) is 18.8 Å². The van der Waals surface area contributed by atoms with Crippen molar-refractivity contribution in [3.8, 4) is 5.75 Å². The predicted molar refractivity (Wildman–Crippen MR) is 70.5 cm³/mol. The molecule has 1 aromatic rings. The molecule has 1 aromatic carbocycles. The lowest BCUT2D eigenvalue weighted by atomic mass is 10.2. The summed E-state index contributed by atoms with van der Waals surface area (Å²) in [5.74, 6) is 0.511. The number of nitrogens with zero attached hydrogens (tertiary/aromatic N) is 1. The van der Waals surface area contributed by atoms with Gasteiger partial charge < -0.3 is 14.7 Å². The van der Waals surface area contributed by atoms with Gasteiger partial charge in [-0.3, -0.25) is 4.79 Å². The highest BCUT2D eigenvalue weighted by Crippen LogP contribution is 2.12. The molecule has 1 rings (SSSR count).